The molecule has 0 bridgehead atoms. The molecule has 3 rings (SSSR count). The summed E-state index contributed by atoms with van der Waals surface area (Å²) in [5.74, 6) is -2.65. The minimum absolute atomic E-state index is 0.0632. The second-order valence-corrected chi connectivity index (χ2v) is 6.35. The van der Waals surface area contributed by atoms with Crippen LogP contribution in [0.5, 0.6) is 0 Å². The van der Waals surface area contributed by atoms with E-state index in [2.05, 4.69) is 5.10 Å². The first-order valence-corrected chi connectivity index (χ1v) is 8.64. The van der Waals surface area contributed by atoms with E-state index in [-0.39, 0.29) is 5.89 Å². The van der Waals surface area contributed by atoms with Gasteiger partial charge in [0, 0.05) is 25.2 Å². The van der Waals surface area contributed by atoms with Gasteiger partial charge in [0.25, 0.3) is 5.91 Å². The molecule has 8 nitrogen and oxygen atoms in total. The molecule has 0 N–H and O–H groups in total. The quantitative estimate of drug-likeness (QED) is 0.589. The van der Waals surface area contributed by atoms with Gasteiger partial charge in [-0.1, -0.05) is 30.3 Å². The van der Waals surface area contributed by atoms with Crippen LogP contribution in [0.1, 0.15) is 11.7 Å². The first-order valence-electron chi connectivity index (χ1n) is 8.64. The van der Waals surface area contributed by atoms with Crippen LogP contribution >= 0.6 is 0 Å². The third-order valence-corrected chi connectivity index (χ3v) is 3.99. The van der Waals surface area contributed by atoms with Gasteiger partial charge in [0.2, 0.25) is 12.0 Å². The molecule has 9 heteroatoms. The minimum Gasteiger partial charge on any atom is -0.446 e. The molecule has 1 amide bonds. The van der Waals surface area contributed by atoms with E-state index < -0.39 is 36.1 Å². The van der Waals surface area contributed by atoms with Gasteiger partial charge in [-0.15, -0.1) is 5.10 Å². The smallest absolute Gasteiger partial charge is 0.437 e. The molecular weight excluding hydrogens is 381 g/mol. The van der Waals surface area contributed by atoms with Gasteiger partial charge < -0.3 is 14.1 Å². The maximum absolute atomic E-state index is 13.0. The summed E-state index contributed by atoms with van der Waals surface area (Å²) in [7, 11) is 3.09. The van der Waals surface area contributed by atoms with Gasteiger partial charge in [-0.3, -0.25) is 9.59 Å². The van der Waals surface area contributed by atoms with Crippen molar-refractivity contribution in [3.05, 3.63) is 76.5 Å². The van der Waals surface area contributed by atoms with Crippen molar-refractivity contribution in [1.82, 2.24) is 14.7 Å². The Hall–Kier alpha value is -3.75. The van der Waals surface area contributed by atoms with Gasteiger partial charge >= 0.3 is 11.7 Å². The van der Waals surface area contributed by atoms with Crippen LogP contribution in [-0.4, -0.2) is 40.7 Å². The number of esters is 1. The number of ether oxygens (including phenoxy) is 1. The summed E-state index contributed by atoms with van der Waals surface area (Å²) in [5, 5.41) is 3.93. The standard InChI is InChI=1S/C20H18FN3O5/c1-23(2)19(26)17(13-6-4-3-5-7-13)28-16(25)12-24-20(27)29-18(22-24)14-8-10-15(21)11-9-14/h3-11,17H,12H2,1-2H3/t17-/m1/s1. The van der Waals surface area contributed by atoms with E-state index in [9.17, 15) is 18.8 Å². The molecule has 0 aliphatic carbocycles. The molecule has 1 heterocycles. The number of carbonyl (C=O) groups is 2. The highest BCUT2D eigenvalue weighted by atomic mass is 19.1. The van der Waals surface area contributed by atoms with Gasteiger partial charge in [0.15, 0.2) is 0 Å². The largest absolute Gasteiger partial charge is 0.446 e. The van der Waals surface area contributed by atoms with E-state index >= 15 is 0 Å². The summed E-state index contributed by atoms with van der Waals surface area (Å²) in [6, 6.07) is 13.7. The summed E-state index contributed by atoms with van der Waals surface area (Å²) < 4.78 is 24.1. The van der Waals surface area contributed by atoms with Gasteiger partial charge in [0.05, 0.1) is 0 Å². The Balaban J connectivity index is 1.77. The van der Waals surface area contributed by atoms with Crippen LogP contribution in [0.4, 0.5) is 4.39 Å². The molecule has 3 aromatic rings. The Bertz CT molecular complexity index is 1060. The van der Waals surface area contributed by atoms with Gasteiger partial charge in [-0.25, -0.2) is 9.18 Å². The van der Waals surface area contributed by atoms with Crippen molar-refractivity contribution in [2.24, 2.45) is 0 Å². The van der Waals surface area contributed by atoms with Crippen molar-refractivity contribution >= 4 is 11.9 Å². The van der Waals surface area contributed by atoms with Crippen LogP contribution in [-0.2, 0) is 20.9 Å². The van der Waals surface area contributed by atoms with Crippen molar-refractivity contribution in [2.45, 2.75) is 12.6 Å². The van der Waals surface area contributed by atoms with E-state index in [1.807, 2.05) is 0 Å². The minimum atomic E-state index is -1.15. The van der Waals surface area contributed by atoms with Crippen molar-refractivity contribution in [3.63, 3.8) is 0 Å². The average molecular weight is 399 g/mol. The lowest BCUT2D eigenvalue weighted by atomic mass is 10.1. The van der Waals surface area contributed by atoms with Crippen LogP contribution < -0.4 is 5.76 Å². The number of benzene rings is 2. The molecule has 0 unspecified atom stereocenters. The monoisotopic (exact) mass is 399 g/mol. The molecule has 0 saturated heterocycles. The van der Waals surface area contributed by atoms with Crippen molar-refractivity contribution < 1.29 is 23.1 Å². The van der Waals surface area contributed by atoms with Crippen molar-refractivity contribution in [3.8, 4) is 11.5 Å². The molecular formula is C20H18FN3O5. The van der Waals surface area contributed by atoms with E-state index in [1.54, 1.807) is 44.4 Å². The summed E-state index contributed by atoms with van der Waals surface area (Å²) in [6.07, 6.45) is -1.15. The molecule has 0 fully saturated rings. The van der Waals surface area contributed by atoms with Crippen LogP contribution in [0, 0.1) is 5.82 Å². The number of rotatable bonds is 6. The van der Waals surface area contributed by atoms with E-state index in [0.29, 0.717) is 11.1 Å². The third kappa shape index (κ3) is 4.75. The lowest BCUT2D eigenvalue weighted by Crippen LogP contribution is -2.33. The topological polar surface area (TPSA) is 94.6 Å². The molecule has 0 radical (unpaired) electrons. The third-order valence-electron chi connectivity index (χ3n) is 3.99. The van der Waals surface area contributed by atoms with Gasteiger partial charge in [0.1, 0.15) is 12.4 Å². The fraction of sp³-hybridized carbons (Fsp3) is 0.200. The summed E-state index contributed by atoms with van der Waals surface area (Å²) >= 11 is 0. The Morgan fingerprint density at radius 1 is 1.14 bits per heavy atom. The molecule has 0 aliphatic rings. The maximum atomic E-state index is 13.0. The molecule has 0 saturated carbocycles. The highest BCUT2D eigenvalue weighted by Gasteiger charge is 2.27. The van der Waals surface area contributed by atoms with Gasteiger partial charge in [-0.2, -0.15) is 4.68 Å². The predicted octanol–water partition coefficient (Wildman–Crippen LogP) is 2.02. The highest BCUT2D eigenvalue weighted by Crippen LogP contribution is 2.20. The number of aromatic nitrogens is 2. The van der Waals surface area contributed by atoms with Gasteiger partial charge in [-0.05, 0) is 24.3 Å². The fourth-order valence-corrected chi connectivity index (χ4v) is 2.53. The number of hydrogen-bond donors (Lipinski definition) is 0. The number of hydrogen-bond acceptors (Lipinski definition) is 6. The second kappa shape index (κ2) is 8.51. The predicted molar refractivity (Wildman–Crippen MR) is 100 cm³/mol. The highest BCUT2D eigenvalue weighted by molar-refractivity contribution is 5.84. The van der Waals surface area contributed by atoms with E-state index in [1.165, 1.54) is 29.2 Å². The van der Waals surface area contributed by atoms with E-state index in [4.69, 9.17) is 9.15 Å². The first-order chi connectivity index (χ1) is 13.8. The summed E-state index contributed by atoms with van der Waals surface area (Å²) in [6.45, 7) is -0.548. The lowest BCUT2D eigenvalue weighted by Gasteiger charge is -2.21. The zero-order chi connectivity index (χ0) is 21.0. The zero-order valence-electron chi connectivity index (χ0n) is 15.7. The lowest BCUT2D eigenvalue weighted by molar-refractivity contribution is -0.160. The Kier molecular flexibility index (Phi) is 5.87. The zero-order valence-corrected chi connectivity index (χ0v) is 15.7. The number of carbonyl (C=O) groups excluding carboxylic acids is 2. The Morgan fingerprint density at radius 2 is 1.79 bits per heavy atom. The number of nitrogens with zero attached hydrogens (tertiary/aromatic N) is 3. The molecule has 1 aromatic heterocycles. The van der Waals surface area contributed by atoms with E-state index in [0.717, 1.165) is 4.68 Å². The van der Waals surface area contributed by atoms with Crippen molar-refractivity contribution in [1.29, 1.82) is 0 Å². The SMILES string of the molecule is CN(C)C(=O)[C@H](OC(=O)Cn1nc(-c2ccc(F)cc2)oc1=O)c1ccccc1. The Morgan fingerprint density at radius 3 is 2.41 bits per heavy atom. The molecule has 2 aromatic carbocycles. The first kappa shape index (κ1) is 20.0. The Labute approximate surface area is 165 Å². The van der Waals surface area contributed by atoms with Crippen LogP contribution in [0.25, 0.3) is 11.5 Å². The fourth-order valence-electron chi connectivity index (χ4n) is 2.53. The van der Waals surface area contributed by atoms with Crippen molar-refractivity contribution in [2.75, 3.05) is 14.1 Å². The van der Waals surface area contributed by atoms with Crippen LogP contribution in [0.2, 0.25) is 0 Å². The average Bonchev–Trinajstić information content (AvgIpc) is 3.07. The van der Waals surface area contributed by atoms with Crippen LogP contribution in [0.3, 0.4) is 0 Å². The number of likely N-dealkylation sites (N-methyl/N-ethyl adjacent to an activating group) is 1. The molecule has 0 spiro atoms. The maximum Gasteiger partial charge on any atom is 0.437 e. The van der Waals surface area contributed by atoms with Crippen LogP contribution in [0.15, 0.2) is 63.8 Å². The normalized spacial score (nSPS) is 11.7. The summed E-state index contributed by atoms with van der Waals surface area (Å²) in [4.78, 5) is 38.1. The molecule has 1 atom stereocenters. The number of halogens is 1. The molecule has 0 aliphatic heterocycles. The molecule has 150 valence electrons. The summed E-state index contributed by atoms with van der Waals surface area (Å²) in [5.41, 5.74) is 0.875. The second-order valence-electron chi connectivity index (χ2n) is 6.35. The number of amides is 1. The molecule has 29 heavy (non-hydrogen) atoms.